The number of aromatic nitrogens is 2. The van der Waals surface area contributed by atoms with Crippen LogP contribution in [0.15, 0.2) is 42.6 Å². The Hall–Kier alpha value is -3.89. The van der Waals surface area contributed by atoms with Gasteiger partial charge in [0.15, 0.2) is 0 Å². The number of aromatic amines is 1. The number of fused-ring (bicyclic) bond motifs is 2. The van der Waals surface area contributed by atoms with Crippen molar-refractivity contribution in [2.45, 2.75) is 43.9 Å². The quantitative estimate of drug-likeness (QED) is 0.474. The Bertz CT molecular complexity index is 1420. The van der Waals surface area contributed by atoms with E-state index in [1.54, 1.807) is 18.2 Å². The second kappa shape index (κ2) is 8.35. The molecule has 2 aromatic heterocycles. The smallest absolute Gasteiger partial charge is 0.262 e. The van der Waals surface area contributed by atoms with Gasteiger partial charge in [-0.1, -0.05) is 6.07 Å². The van der Waals surface area contributed by atoms with Crippen LogP contribution in [0.5, 0.6) is 0 Å². The summed E-state index contributed by atoms with van der Waals surface area (Å²) >= 11 is 0. The molecule has 1 aromatic carbocycles. The highest BCUT2D eigenvalue weighted by atomic mass is 16.3. The van der Waals surface area contributed by atoms with Gasteiger partial charge >= 0.3 is 0 Å². The fourth-order valence-electron chi connectivity index (χ4n) is 5.42. The minimum Gasteiger partial charge on any atom is -0.385 e. The Balaban J connectivity index is 1.17. The number of hydrogen-bond acceptors (Lipinski definition) is 7. The average Bonchev–Trinajstić information content (AvgIpc) is 3.43. The molecule has 3 aromatic rings. The third-order valence-corrected chi connectivity index (χ3v) is 7.51. The highest BCUT2D eigenvalue weighted by Crippen LogP contribution is 2.36. The number of amides is 4. The molecule has 10 heteroatoms. The lowest BCUT2D eigenvalue weighted by Crippen LogP contribution is -2.54. The van der Waals surface area contributed by atoms with Crippen LogP contribution >= 0.6 is 0 Å². The van der Waals surface area contributed by atoms with Crippen molar-refractivity contribution in [3.63, 3.8) is 0 Å². The first-order valence-electron chi connectivity index (χ1n) is 12.1. The summed E-state index contributed by atoms with van der Waals surface area (Å²) in [5, 5.41) is 14.7. The molecule has 2 saturated heterocycles. The molecule has 6 rings (SSSR count). The first kappa shape index (κ1) is 22.6. The lowest BCUT2D eigenvalue weighted by Gasteiger charge is -2.38. The Kier molecular flexibility index (Phi) is 5.24. The molecule has 5 heterocycles. The number of carbonyl (C=O) groups is 4. The summed E-state index contributed by atoms with van der Waals surface area (Å²) in [4.78, 5) is 60.8. The zero-order valence-electron chi connectivity index (χ0n) is 19.5. The van der Waals surface area contributed by atoms with E-state index in [0.29, 0.717) is 38.0 Å². The number of nitrogens with zero attached hydrogens (tertiary/aromatic N) is 3. The van der Waals surface area contributed by atoms with Crippen LogP contribution in [0.1, 0.15) is 57.7 Å². The maximum Gasteiger partial charge on any atom is 0.262 e. The molecule has 3 aliphatic rings. The molecule has 4 amide bonds. The van der Waals surface area contributed by atoms with Crippen molar-refractivity contribution < 1.29 is 24.3 Å². The van der Waals surface area contributed by atoms with E-state index in [1.165, 1.54) is 0 Å². The lowest BCUT2D eigenvalue weighted by molar-refractivity contribution is -0.136. The van der Waals surface area contributed by atoms with Gasteiger partial charge in [-0.05, 0) is 55.2 Å². The van der Waals surface area contributed by atoms with Crippen LogP contribution in [0.2, 0.25) is 0 Å². The third kappa shape index (κ3) is 3.69. The molecule has 36 heavy (non-hydrogen) atoms. The summed E-state index contributed by atoms with van der Waals surface area (Å²) in [6.45, 7) is 1.96. The SMILES string of the molecule is O=C1CCC(N2C(=O)c3ccc(C4(O)CCN(Cc5ccc6cc[nH]c6n5)CC4)cc3C2=O)C(=O)N1. The lowest BCUT2D eigenvalue weighted by atomic mass is 9.83. The van der Waals surface area contributed by atoms with Gasteiger partial charge < -0.3 is 10.1 Å². The van der Waals surface area contributed by atoms with Crippen molar-refractivity contribution in [3.05, 3.63) is 65.0 Å². The molecule has 10 nitrogen and oxygen atoms in total. The fraction of sp³-hybridized carbons (Fsp3) is 0.346. The van der Waals surface area contributed by atoms with Gasteiger partial charge in [0.25, 0.3) is 11.8 Å². The Morgan fingerprint density at radius 3 is 2.56 bits per heavy atom. The van der Waals surface area contributed by atoms with Crippen LogP contribution in [-0.2, 0) is 21.7 Å². The normalized spacial score (nSPS) is 22.2. The number of H-pyrrole nitrogens is 1. The van der Waals surface area contributed by atoms with Crippen LogP contribution < -0.4 is 5.32 Å². The van der Waals surface area contributed by atoms with E-state index in [-0.39, 0.29) is 24.0 Å². The predicted octanol–water partition coefficient (Wildman–Crippen LogP) is 1.45. The summed E-state index contributed by atoms with van der Waals surface area (Å²) < 4.78 is 0. The van der Waals surface area contributed by atoms with Crippen LogP contribution in [0, 0.1) is 0 Å². The molecule has 1 atom stereocenters. The van der Waals surface area contributed by atoms with E-state index >= 15 is 0 Å². The molecule has 2 fully saturated rings. The Labute approximate surface area is 206 Å². The number of carbonyl (C=O) groups excluding carboxylic acids is 4. The fourth-order valence-corrected chi connectivity index (χ4v) is 5.42. The van der Waals surface area contributed by atoms with Gasteiger partial charge in [0, 0.05) is 37.6 Å². The van der Waals surface area contributed by atoms with Gasteiger partial charge in [0.05, 0.1) is 22.4 Å². The minimum absolute atomic E-state index is 0.0691. The van der Waals surface area contributed by atoms with E-state index < -0.39 is 35.3 Å². The number of nitrogens with one attached hydrogen (secondary N) is 2. The van der Waals surface area contributed by atoms with Crippen molar-refractivity contribution in [2.24, 2.45) is 0 Å². The van der Waals surface area contributed by atoms with E-state index in [1.807, 2.05) is 24.4 Å². The molecular formula is C26H25N5O5. The Morgan fingerprint density at radius 1 is 1.00 bits per heavy atom. The summed E-state index contributed by atoms with van der Waals surface area (Å²) in [7, 11) is 0. The molecule has 184 valence electrons. The number of benzene rings is 1. The first-order valence-corrected chi connectivity index (χ1v) is 12.1. The summed E-state index contributed by atoms with van der Waals surface area (Å²) in [6, 6.07) is 9.84. The van der Waals surface area contributed by atoms with Crippen molar-refractivity contribution in [2.75, 3.05) is 13.1 Å². The number of piperidine rings is 2. The molecule has 3 aliphatic heterocycles. The zero-order chi connectivity index (χ0) is 25.0. The zero-order valence-corrected chi connectivity index (χ0v) is 19.5. The van der Waals surface area contributed by atoms with Gasteiger partial charge in [0.1, 0.15) is 11.7 Å². The van der Waals surface area contributed by atoms with Crippen LogP contribution in [0.3, 0.4) is 0 Å². The second-order valence-corrected chi connectivity index (χ2v) is 9.73. The number of likely N-dealkylation sites (tertiary alicyclic amines) is 1. The summed E-state index contributed by atoms with van der Waals surface area (Å²) in [5.41, 5.74) is 1.64. The summed E-state index contributed by atoms with van der Waals surface area (Å²) in [6.07, 6.45) is 2.97. The highest BCUT2D eigenvalue weighted by molar-refractivity contribution is 6.23. The largest absolute Gasteiger partial charge is 0.385 e. The molecule has 1 unspecified atom stereocenters. The molecule has 0 bridgehead atoms. The van der Waals surface area contributed by atoms with Gasteiger partial charge in [-0.3, -0.25) is 34.3 Å². The second-order valence-electron chi connectivity index (χ2n) is 9.73. The first-order chi connectivity index (χ1) is 17.3. The number of aliphatic hydroxyl groups is 1. The number of hydrogen-bond donors (Lipinski definition) is 3. The maximum absolute atomic E-state index is 13.1. The molecule has 3 N–H and O–H groups in total. The van der Waals surface area contributed by atoms with Gasteiger partial charge in [-0.15, -0.1) is 0 Å². The summed E-state index contributed by atoms with van der Waals surface area (Å²) in [5.74, 6) is -2.18. The van der Waals surface area contributed by atoms with E-state index in [9.17, 15) is 24.3 Å². The molecule has 0 aliphatic carbocycles. The van der Waals surface area contributed by atoms with Gasteiger partial charge in [0.2, 0.25) is 11.8 Å². The van der Waals surface area contributed by atoms with Crippen LogP contribution in [0.25, 0.3) is 11.0 Å². The topological polar surface area (TPSA) is 136 Å². The van der Waals surface area contributed by atoms with Crippen LogP contribution in [-0.4, -0.2) is 67.6 Å². The average molecular weight is 488 g/mol. The van der Waals surface area contributed by atoms with Crippen molar-refractivity contribution in [1.29, 1.82) is 0 Å². The highest BCUT2D eigenvalue weighted by Gasteiger charge is 2.45. The third-order valence-electron chi connectivity index (χ3n) is 7.51. The van der Waals surface area contributed by atoms with Gasteiger partial charge in [-0.25, -0.2) is 4.98 Å². The van der Waals surface area contributed by atoms with Crippen molar-refractivity contribution >= 4 is 34.7 Å². The van der Waals surface area contributed by atoms with E-state index in [4.69, 9.17) is 0 Å². The van der Waals surface area contributed by atoms with Crippen molar-refractivity contribution in [1.82, 2.24) is 25.1 Å². The van der Waals surface area contributed by atoms with E-state index in [0.717, 1.165) is 21.6 Å². The predicted molar refractivity (Wildman–Crippen MR) is 128 cm³/mol. The molecule has 0 radical (unpaired) electrons. The Morgan fingerprint density at radius 2 is 1.78 bits per heavy atom. The number of imide groups is 2. The molecule has 0 saturated carbocycles. The molecule has 0 spiro atoms. The maximum atomic E-state index is 13.1. The van der Waals surface area contributed by atoms with Crippen molar-refractivity contribution in [3.8, 4) is 0 Å². The van der Waals surface area contributed by atoms with E-state index in [2.05, 4.69) is 20.2 Å². The van der Waals surface area contributed by atoms with Crippen LogP contribution in [0.4, 0.5) is 0 Å². The number of rotatable bonds is 4. The number of pyridine rings is 1. The standard InChI is InChI=1S/C26H25N5O5/c32-21-6-5-20(23(33)29-21)31-24(34)18-4-2-16(13-19(18)25(31)35)26(36)8-11-30(12-9-26)14-17-3-1-15-7-10-27-22(15)28-17/h1-4,7,10,13,20,36H,5-6,8-9,11-12,14H2,(H,27,28)(H,29,32,33). The monoisotopic (exact) mass is 487 g/mol. The molecular weight excluding hydrogens is 462 g/mol. The minimum atomic E-state index is -1.13. The van der Waals surface area contributed by atoms with Gasteiger partial charge in [-0.2, -0.15) is 0 Å².